The average molecular weight is 246 g/mol. The first-order chi connectivity index (χ1) is 6.88. The van der Waals surface area contributed by atoms with E-state index < -0.39 is 0 Å². The molecule has 0 aromatic heterocycles. The van der Waals surface area contributed by atoms with E-state index in [1.165, 1.54) is 5.56 Å². The third-order valence-electron chi connectivity index (χ3n) is 2.27. The number of aryl methyl sites for hydroxylation is 1. The van der Waals surface area contributed by atoms with Gasteiger partial charge in [-0.05, 0) is 50.8 Å². The van der Waals surface area contributed by atoms with Gasteiger partial charge in [-0.1, -0.05) is 29.3 Å². The first kappa shape index (κ1) is 12.8. The van der Waals surface area contributed by atoms with Crippen molar-refractivity contribution in [2.45, 2.75) is 38.6 Å². The first-order valence-electron chi connectivity index (χ1n) is 5.11. The van der Waals surface area contributed by atoms with Crippen LogP contribution in [0.5, 0.6) is 0 Å². The summed E-state index contributed by atoms with van der Waals surface area (Å²) >= 11 is 11.8. The molecule has 0 amide bonds. The quantitative estimate of drug-likeness (QED) is 0.851. The molecule has 1 rings (SSSR count). The molecular weight excluding hydrogens is 229 g/mol. The Balaban J connectivity index is 2.48. The second-order valence-electron chi connectivity index (χ2n) is 4.59. The Labute approximate surface area is 102 Å². The fraction of sp³-hybridized carbons (Fsp3) is 0.500. The van der Waals surface area contributed by atoms with Crippen molar-refractivity contribution in [2.24, 2.45) is 5.73 Å². The molecule has 0 aliphatic carbocycles. The van der Waals surface area contributed by atoms with Crippen LogP contribution in [0, 0.1) is 0 Å². The Bertz CT molecular complexity index is 329. The molecule has 1 aromatic rings. The van der Waals surface area contributed by atoms with Gasteiger partial charge in [-0.25, -0.2) is 0 Å². The number of benzene rings is 1. The van der Waals surface area contributed by atoms with Gasteiger partial charge in [0.1, 0.15) is 0 Å². The maximum atomic E-state index is 5.93. The number of hydrogen-bond donors (Lipinski definition) is 1. The lowest BCUT2D eigenvalue weighted by molar-refractivity contribution is 0.459. The monoisotopic (exact) mass is 245 g/mol. The lowest BCUT2D eigenvalue weighted by Crippen LogP contribution is -2.31. The highest BCUT2D eigenvalue weighted by Crippen LogP contribution is 2.23. The fourth-order valence-electron chi connectivity index (χ4n) is 1.44. The van der Waals surface area contributed by atoms with Crippen LogP contribution in [0.4, 0.5) is 0 Å². The smallest absolute Gasteiger partial charge is 0.0595 e. The van der Waals surface area contributed by atoms with Gasteiger partial charge in [0.15, 0.2) is 0 Å². The molecule has 0 spiro atoms. The van der Waals surface area contributed by atoms with Gasteiger partial charge in [-0.15, -0.1) is 0 Å². The molecule has 1 nitrogen and oxygen atoms in total. The summed E-state index contributed by atoms with van der Waals surface area (Å²) in [7, 11) is 0. The molecule has 0 aliphatic rings. The molecule has 0 radical (unpaired) electrons. The zero-order valence-electron chi connectivity index (χ0n) is 9.19. The molecule has 0 atom stereocenters. The van der Waals surface area contributed by atoms with E-state index in [0.717, 1.165) is 19.3 Å². The highest BCUT2D eigenvalue weighted by Gasteiger charge is 2.09. The Hall–Kier alpha value is -0.240. The van der Waals surface area contributed by atoms with Gasteiger partial charge in [0.2, 0.25) is 0 Å². The third kappa shape index (κ3) is 4.87. The van der Waals surface area contributed by atoms with E-state index in [1.54, 1.807) is 0 Å². The number of halogens is 2. The van der Waals surface area contributed by atoms with Crippen molar-refractivity contribution in [3.63, 3.8) is 0 Å². The van der Waals surface area contributed by atoms with Crippen molar-refractivity contribution >= 4 is 23.2 Å². The van der Waals surface area contributed by atoms with Crippen LogP contribution in [0.2, 0.25) is 10.0 Å². The van der Waals surface area contributed by atoms with Crippen LogP contribution in [0.1, 0.15) is 32.3 Å². The van der Waals surface area contributed by atoms with E-state index in [9.17, 15) is 0 Å². The van der Waals surface area contributed by atoms with Gasteiger partial charge < -0.3 is 5.73 Å². The summed E-state index contributed by atoms with van der Waals surface area (Å²) in [6.45, 7) is 4.09. The third-order valence-corrected chi connectivity index (χ3v) is 3.01. The Morgan fingerprint density at radius 1 is 1.20 bits per heavy atom. The molecule has 1 aromatic carbocycles. The van der Waals surface area contributed by atoms with Crippen LogP contribution in [0.3, 0.4) is 0 Å². The van der Waals surface area contributed by atoms with E-state index in [4.69, 9.17) is 28.9 Å². The van der Waals surface area contributed by atoms with Crippen molar-refractivity contribution in [1.29, 1.82) is 0 Å². The molecule has 0 saturated carbocycles. The van der Waals surface area contributed by atoms with Crippen LogP contribution in [0.25, 0.3) is 0 Å². The van der Waals surface area contributed by atoms with Gasteiger partial charge in [0, 0.05) is 5.54 Å². The Morgan fingerprint density at radius 2 is 1.87 bits per heavy atom. The minimum Gasteiger partial charge on any atom is -0.326 e. The SMILES string of the molecule is CC(C)(N)CCCc1ccc(Cl)c(Cl)c1. The van der Waals surface area contributed by atoms with Crippen LogP contribution in [-0.4, -0.2) is 5.54 Å². The number of nitrogens with two attached hydrogens (primary N) is 1. The molecule has 84 valence electrons. The van der Waals surface area contributed by atoms with E-state index in [1.807, 2.05) is 32.0 Å². The molecule has 0 bridgehead atoms. The maximum absolute atomic E-state index is 5.93. The predicted octanol–water partition coefficient (Wildman–Crippen LogP) is 4.05. The molecule has 15 heavy (non-hydrogen) atoms. The van der Waals surface area contributed by atoms with Crippen molar-refractivity contribution in [1.82, 2.24) is 0 Å². The summed E-state index contributed by atoms with van der Waals surface area (Å²) in [5, 5.41) is 1.24. The highest BCUT2D eigenvalue weighted by molar-refractivity contribution is 6.42. The van der Waals surface area contributed by atoms with Gasteiger partial charge in [-0.2, -0.15) is 0 Å². The van der Waals surface area contributed by atoms with Crippen LogP contribution < -0.4 is 5.73 Å². The average Bonchev–Trinajstić information content (AvgIpc) is 2.09. The fourth-order valence-corrected chi connectivity index (χ4v) is 1.76. The van der Waals surface area contributed by atoms with Crippen molar-refractivity contribution in [3.05, 3.63) is 33.8 Å². The first-order valence-corrected chi connectivity index (χ1v) is 5.87. The molecule has 0 aliphatic heterocycles. The second kappa shape index (κ2) is 5.20. The summed E-state index contributed by atoms with van der Waals surface area (Å²) in [6, 6.07) is 5.78. The normalized spacial score (nSPS) is 11.8. The Kier molecular flexibility index (Phi) is 4.45. The van der Waals surface area contributed by atoms with E-state index in [-0.39, 0.29) is 5.54 Å². The molecule has 0 saturated heterocycles. The van der Waals surface area contributed by atoms with Gasteiger partial charge >= 0.3 is 0 Å². The maximum Gasteiger partial charge on any atom is 0.0595 e. The molecule has 0 fully saturated rings. The second-order valence-corrected chi connectivity index (χ2v) is 5.40. The zero-order valence-corrected chi connectivity index (χ0v) is 10.7. The largest absolute Gasteiger partial charge is 0.326 e. The van der Waals surface area contributed by atoms with Crippen molar-refractivity contribution in [2.75, 3.05) is 0 Å². The van der Waals surface area contributed by atoms with Crippen LogP contribution in [0.15, 0.2) is 18.2 Å². The van der Waals surface area contributed by atoms with Crippen LogP contribution in [-0.2, 0) is 6.42 Å². The van der Waals surface area contributed by atoms with E-state index in [2.05, 4.69) is 0 Å². The summed E-state index contributed by atoms with van der Waals surface area (Å²) in [4.78, 5) is 0. The molecule has 3 heteroatoms. The Morgan fingerprint density at radius 3 is 2.40 bits per heavy atom. The molecular formula is C12H17Cl2N. The van der Waals surface area contributed by atoms with Crippen LogP contribution >= 0.6 is 23.2 Å². The number of hydrogen-bond acceptors (Lipinski definition) is 1. The standard InChI is InChI=1S/C12H17Cl2N/c1-12(2,15)7-3-4-9-5-6-10(13)11(14)8-9/h5-6,8H,3-4,7,15H2,1-2H3. The summed E-state index contributed by atoms with van der Waals surface area (Å²) in [6.07, 6.45) is 3.08. The van der Waals surface area contributed by atoms with E-state index in [0.29, 0.717) is 10.0 Å². The summed E-state index contributed by atoms with van der Waals surface area (Å²) < 4.78 is 0. The van der Waals surface area contributed by atoms with Crippen molar-refractivity contribution in [3.8, 4) is 0 Å². The zero-order chi connectivity index (χ0) is 11.5. The van der Waals surface area contributed by atoms with Crippen molar-refractivity contribution < 1.29 is 0 Å². The number of rotatable bonds is 4. The molecule has 0 heterocycles. The van der Waals surface area contributed by atoms with E-state index >= 15 is 0 Å². The van der Waals surface area contributed by atoms with Gasteiger partial charge in [0.05, 0.1) is 10.0 Å². The van der Waals surface area contributed by atoms with Gasteiger partial charge in [-0.3, -0.25) is 0 Å². The molecule has 0 unspecified atom stereocenters. The lowest BCUT2D eigenvalue weighted by Gasteiger charge is -2.17. The minimum atomic E-state index is -0.0871. The predicted molar refractivity (Wildman–Crippen MR) is 67.7 cm³/mol. The molecule has 2 N–H and O–H groups in total. The summed E-state index contributed by atoms with van der Waals surface area (Å²) in [5.41, 5.74) is 7.04. The topological polar surface area (TPSA) is 26.0 Å². The lowest BCUT2D eigenvalue weighted by atomic mass is 9.97. The highest BCUT2D eigenvalue weighted by atomic mass is 35.5. The minimum absolute atomic E-state index is 0.0871. The summed E-state index contributed by atoms with van der Waals surface area (Å²) in [5.74, 6) is 0. The van der Waals surface area contributed by atoms with Gasteiger partial charge in [0.25, 0.3) is 0 Å².